The van der Waals surface area contributed by atoms with Crippen LogP contribution in [0, 0.1) is 29.8 Å². The molecule has 0 N–H and O–H groups in total. The quantitative estimate of drug-likeness (QED) is 0.397. The summed E-state index contributed by atoms with van der Waals surface area (Å²) in [5.74, 6) is -2.57. The van der Waals surface area contributed by atoms with Crippen LogP contribution in [0.25, 0.3) is 0 Å². The van der Waals surface area contributed by atoms with E-state index in [0.29, 0.717) is 0 Å². The predicted octanol–water partition coefficient (Wildman–Crippen LogP) is 2.04. The summed E-state index contributed by atoms with van der Waals surface area (Å²) in [6.07, 6.45) is 6.47. The topological polar surface area (TPSA) is 0 Å². The maximum Gasteiger partial charge on any atom is 0.195 e. The van der Waals surface area contributed by atoms with Crippen LogP contribution in [0.2, 0.25) is 0 Å². The molecule has 0 aliphatic heterocycles. The van der Waals surface area contributed by atoms with Gasteiger partial charge in [-0.15, -0.1) is 0 Å². The number of benzene rings is 1. The summed E-state index contributed by atoms with van der Waals surface area (Å²) < 4.78 is 37.0. The van der Waals surface area contributed by atoms with Gasteiger partial charge < -0.3 is 0 Å². The molecule has 0 aliphatic rings. The van der Waals surface area contributed by atoms with Gasteiger partial charge in [0.2, 0.25) is 0 Å². The van der Waals surface area contributed by atoms with Gasteiger partial charge in [0.15, 0.2) is 17.5 Å². The van der Waals surface area contributed by atoms with E-state index in [1.54, 1.807) is 5.92 Å². The van der Waals surface area contributed by atoms with Crippen molar-refractivity contribution in [1.29, 1.82) is 0 Å². The second kappa shape index (κ2) is 2.67. The van der Waals surface area contributed by atoms with Gasteiger partial charge in [0.05, 0.1) is 5.56 Å². The van der Waals surface area contributed by atoms with Gasteiger partial charge >= 0.3 is 0 Å². The SMILES string of the molecule is [C]#Cc1ccc(F)c(F)c1F. The highest BCUT2D eigenvalue weighted by Crippen LogP contribution is 2.13. The van der Waals surface area contributed by atoms with Gasteiger partial charge in [-0.1, -0.05) is 0 Å². The van der Waals surface area contributed by atoms with Gasteiger partial charge in [-0.25, -0.2) is 13.2 Å². The van der Waals surface area contributed by atoms with Crippen molar-refractivity contribution in [3.05, 3.63) is 41.6 Å². The zero-order valence-electron chi connectivity index (χ0n) is 5.29. The summed E-state index contributed by atoms with van der Waals surface area (Å²) in [7, 11) is 0. The third kappa shape index (κ3) is 1.20. The van der Waals surface area contributed by atoms with E-state index >= 15 is 0 Å². The molecule has 0 heterocycles. The molecule has 0 atom stereocenters. The molecule has 0 amide bonds. The lowest BCUT2D eigenvalue weighted by Gasteiger charge is -1.95. The molecule has 1 aromatic rings. The van der Waals surface area contributed by atoms with Gasteiger partial charge in [-0.2, -0.15) is 0 Å². The van der Waals surface area contributed by atoms with E-state index in [0.717, 1.165) is 12.1 Å². The highest BCUT2D eigenvalue weighted by atomic mass is 19.2. The van der Waals surface area contributed by atoms with E-state index < -0.39 is 17.5 Å². The molecule has 3 heteroatoms. The third-order valence-corrected chi connectivity index (χ3v) is 1.17. The number of rotatable bonds is 0. The van der Waals surface area contributed by atoms with Gasteiger partial charge in [-0.05, 0) is 24.5 Å². The van der Waals surface area contributed by atoms with Crippen LogP contribution in [0.3, 0.4) is 0 Å². The molecule has 0 unspecified atom stereocenters. The van der Waals surface area contributed by atoms with Crippen molar-refractivity contribution in [3.63, 3.8) is 0 Å². The highest BCUT2D eigenvalue weighted by Gasteiger charge is 2.10. The molecular weight excluding hydrogens is 153 g/mol. The number of hydrogen-bond donors (Lipinski definition) is 0. The summed E-state index contributed by atoms with van der Waals surface area (Å²) in [6, 6.07) is 1.69. The Morgan fingerprint density at radius 2 is 1.73 bits per heavy atom. The number of halogens is 3. The molecule has 0 spiro atoms. The molecule has 0 saturated carbocycles. The van der Waals surface area contributed by atoms with Crippen LogP contribution in [-0.2, 0) is 0 Å². The lowest BCUT2D eigenvalue weighted by atomic mass is 10.2. The van der Waals surface area contributed by atoms with Crippen LogP contribution < -0.4 is 0 Å². The van der Waals surface area contributed by atoms with Crippen molar-refractivity contribution in [1.82, 2.24) is 0 Å². The van der Waals surface area contributed by atoms with Gasteiger partial charge in [0.1, 0.15) is 0 Å². The Bertz CT molecular complexity index is 323. The Hall–Kier alpha value is -1.43. The fraction of sp³-hybridized carbons (Fsp3) is 0. The Morgan fingerprint density at radius 3 is 2.27 bits per heavy atom. The third-order valence-electron chi connectivity index (χ3n) is 1.17. The average Bonchev–Trinajstić information content (AvgIpc) is 2.01. The molecule has 1 aromatic carbocycles. The normalized spacial score (nSPS) is 9.27. The molecule has 55 valence electrons. The zero-order chi connectivity index (χ0) is 8.43. The van der Waals surface area contributed by atoms with Crippen LogP contribution >= 0.6 is 0 Å². The summed E-state index contributed by atoms with van der Waals surface area (Å²) in [4.78, 5) is 0. The Kier molecular flexibility index (Phi) is 1.86. The van der Waals surface area contributed by atoms with Gasteiger partial charge in [0, 0.05) is 0 Å². The second-order valence-electron chi connectivity index (χ2n) is 1.85. The Balaban J connectivity index is 3.40. The minimum atomic E-state index is -1.57. The second-order valence-corrected chi connectivity index (χ2v) is 1.85. The maximum atomic E-state index is 12.5. The summed E-state index contributed by atoms with van der Waals surface area (Å²) >= 11 is 0. The first-order valence-electron chi connectivity index (χ1n) is 2.73. The minimum Gasteiger partial charge on any atom is -0.204 e. The van der Waals surface area contributed by atoms with Crippen molar-refractivity contribution in [2.75, 3.05) is 0 Å². The van der Waals surface area contributed by atoms with E-state index in [1.165, 1.54) is 0 Å². The van der Waals surface area contributed by atoms with Crippen molar-refractivity contribution < 1.29 is 13.2 Å². The highest BCUT2D eigenvalue weighted by molar-refractivity contribution is 5.32. The molecule has 11 heavy (non-hydrogen) atoms. The molecular formula is C8H2F3. The Labute approximate surface area is 61.7 Å². The molecule has 0 aromatic heterocycles. The van der Waals surface area contributed by atoms with Gasteiger partial charge in [0.25, 0.3) is 0 Å². The summed E-state index contributed by atoms with van der Waals surface area (Å²) in [5.41, 5.74) is -0.385. The van der Waals surface area contributed by atoms with Crippen LogP contribution in [0.4, 0.5) is 13.2 Å². The van der Waals surface area contributed by atoms with Crippen LogP contribution in [-0.4, -0.2) is 0 Å². The van der Waals surface area contributed by atoms with E-state index in [2.05, 4.69) is 0 Å². The minimum absolute atomic E-state index is 0.385. The van der Waals surface area contributed by atoms with Gasteiger partial charge in [-0.3, -0.25) is 0 Å². The fourth-order valence-electron chi connectivity index (χ4n) is 0.622. The molecule has 1 radical (unpaired) electrons. The molecule has 0 nitrogen and oxygen atoms in total. The monoisotopic (exact) mass is 155 g/mol. The lowest BCUT2D eigenvalue weighted by Crippen LogP contribution is -1.93. The first-order valence-corrected chi connectivity index (χ1v) is 2.73. The van der Waals surface area contributed by atoms with Crippen molar-refractivity contribution in [3.8, 4) is 5.92 Å². The first kappa shape index (κ1) is 7.67. The van der Waals surface area contributed by atoms with E-state index in [-0.39, 0.29) is 5.56 Å². The molecule has 0 aliphatic carbocycles. The molecule has 1 rings (SSSR count). The molecule has 0 bridgehead atoms. The largest absolute Gasteiger partial charge is 0.204 e. The zero-order valence-corrected chi connectivity index (χ0v) is 5.29. The van der Waals surface area contributed by atoms with Crippen molar-refractivity contribution in [2.45, 2.75) is 0 Å². The van der Waals surface area contributed by atoms with Crippen molar-refractivity contribution in [2.24, 2.45) is 0 Å². The van der Waals surface area contributed by atoms with E-state index in [1.807, 2.05) is 0 Å². The summed E-state index contributed by atoms with van der Waals surface area (Å²) in [5, 5.41) is 0. The smallest absolute Gasteiger partial charge is 0.195 e. The van der Waals surface area contributed by atoms with Crippen LogP contribution in [0.15, 0.2) is 12.1 Å². The Morgan fingerprint density at radius 1 is 1.09 bits per heavy atom. The summed E-state index contributed by atoms with van der Waals surface area (Å²) in [6.45, 7) is 0. The maximum absolute atomic E-state index is 12.5. The van der Waals surface area contributed by atoms with Crippen LogP contribution in [0.5, 0.6) is 0 Å². The van der Waals surface area contributed by atoms with E-state index in [9.17, 15) is 13.2 Å². The fourth-order valence-corrected chi connectivity index (χ4v) is 0.622. The average molecular weight is 155 g/mol. The predicted molar refractivity (Wildman–Crippen MR) is 32.5 cm³/mol. The first-order chi connectivity index (χ1) is 5.16. The molecule has 0 saturated heterocycles. The van der Waals surface area contributed by atoms with Crippen molar-refractivity contribution >= 4 is 0 Å². The number of hydrogen-bond acceptors (Lipinski definition) is 0. The molecule has 0 fully saturated rings. The van der Waals surface area contributed by atoms with Crippen LogP contribution in [0.1, 0.15) is 5.56 Å². The standard InChI is InChI=1S/C8H2F3/c1-2-5-3-4-6(9)8(11)7(5)10/h3-4H. The van der Waals surface area contributed by atoms with E-state index in [4.69, 9.17) is 6.42 Å². The lowest BCUT2D eigenvalue weighted by molar-refractivity contribution is 0.446.